The largest absolute Gasteiger partial charge is 0.496 e. The number of primary amides is 1. The minimum atomic E-state index is -0.546. The monoisotopic (exact) mass is 518 g/mol. The van der Waals surface area contributed by atoms with E-state index in [2.05, 4.69) is 19.2 Å². The van der Waals surface area contributed by atoms with Gasteiger partial charge in [-0.25, -0.2) is 0 Å². The zero-order valence-corrected chi connectivity index (χ0v) is 23.1. The molecule has 1 unspecified atom stereocenters. The van der Waals surface area contributed by atoms with Crippen LogP contribution in [0.15, 0.2) is 30.3 Å². The van der Waals surface area contributed by atoms with Crippen LogP contribution in [-0.4, -0.2) is 39.2 Å². The maximum Gasteiger partial charge on any atom is 0.248 e. The SMILES string of the molecule is COCCOc1cc(OC)c(C(CC(=O)Nc2cc(C(N)=O)ccc2C(C)(C)C)CC(C)C)cc1Cl. The Hall–Kier alpha value is -2.77. The number of methoxy groups -OCH3 is 2. The van der Waals surface area contributed by atoms with Gasteiger partial charge >= 0.3 is 0 Å². The summed E-state index contributed by atoms with van der Waals surface area (Å²) in [4.78, 5) is 25.1. The lowest BCUT2D eigenvalue weighted by atomic mass is 9.84. The third-order valence-corrected chi connectivity index (χ3v) is 6.14. The number of nitrogens with two attached hydrogens (primary N) is 1. The van der Waals surface area contributed by atoms with Crippen molar-refractivity contribution in [1.82, 2.24) is 0 Å². The second-order valence-corrected chi connectivity index (χ2v) is 10.7. The summed E-state index contributed by atoms with van der Waals surface area (Å²) in [6.45, 7) is 11.2. The first-order chi connectivity index (χ1) is 16.9. The molecule has 0 spiro atoms. The molecule has 0 aliphatic rings. The highest BCUT2D eigenvalue weighted by molar-refractivity contribution is 6.32. The summed E-state index contributed by atoms with van der Waals surface area (Å²) in [7, 11) is 3.19. The predicted molar refractivity (Wildman–Crippen MR) is 144 cm³/mol. The van der Waals surface area contributed by atoms with E-state index >= 15 is 0 Å². The zero-order chi connectivity index (χ0) is 27.0. The molecular formula is C28H39ClN2O5. The van der Waals surface area contributed by atoms with E-state index in [1.165, 1.54) is 0 Å². The van der Waals surface area contributed by atoms with Gasteiger partial charge in [0.05, 0.1) is 18.7 Å². The average Bonchev–Trinajstić information content (AvgIpc) is 2.78. The highest BCUT2D eigenvalue weighted by Crippen LogP contribution is 2.40. The standard InChI is InChI=1S/C28H39ClN2O5/c1-17(2)12-19(20-15-22(29)25(16-24(20)35-7)36-11-10-34-6)14-26(32)31-23-13-18(27(30)33)8-9-21(23)28(3,4)5/h8-9,13,15-17,19H,10-12,14H2,1-7H3,(H2,30,33)(H,31,32). The number of halogens is 1. The van der Waals surface area contributed by atoms with Crippen molar-refractivity contribution in [1.29, 1.82) is 0 Å². The van der Waals surface area contributed by atoms with Crippen LogP contribution in [0.5, 0.6) is 11.5 Å². The second-order valence-electron chi connectivity index (χ2n) is 10.3. The first-order valence-electron chi connectivity index (χ1n) is 12.1. The topological polar surface area (TPSA) is 99.9 Å². The van der Waals surface area contributed by atoms with Crippen molar-refractivity contribution in [2.24, 2.45) is 11.7 Å². The number of benzene rings is 2. The van der Waals surface area contributed by atoms with Crippen LogP contribution in [0.3, 0.4) is 0 Å². The molecule has 0 fully saturated rings. The Balaban J connectivity index is 2.38. The number of ether oxygens (including phenoxy) is 3. The fourth-order valence-corrected chi connectivity index (χ4v) is 4.39. The summed E-state index contributed by atoms with van der Waals surface area (Å²) in [5, 5.41) is 3.47. The van der Waals surface area contributed by atoms with Crippen LogP contribution in [-0.2, 0) is 14.9 Å². The summed E-state index contributed by atoms with van der Waals surface area (Å²) < 4.78 is 16.4. The van der Waals surface area contributed by atoms with Crippen molar-refractivity contribution in [3.05, 3.63) is 52.0 Å². The quantitative estimate of drug-likeness (QED) is 0.339. The van der Waals surface area contributed by atoms with Crippen LogP contribution in [0.25, 0.3) is 0 Å². The molecule has 3 N–H and O–H groups in total. The molecule has 2 aromatic rings. The van der Waals surface area contributed by atoms with Crippen LogP contribution in [0.2, 0.25) is 5.02 Å². The first kappa shape index (κ1) is 29.5. The van der Waals surface area contributed by atoms with E-state index in [0.717, 1.165) is 17.5 Å². The molecule has 0 radical (unpaired) electrons. The molecule has 7 nitrogen and oxygen atoms in total. The minimum absolute atomic E-state index is 0.150. The molecule has 2 amide bonds. The molecule has 0 saturated heterocycles. The molecule has 198 valence electrons. The van der Waals surface area contributed by atoms with Gasteiger partial charge in [0.2, 0.25) is 11.8 Å². The maximum atomic E-state index is 13.3. The van der Waals surface area contributed by atoms with Gasteiger partial charge in [0.15, 0.2) is 0 Å². The number of amides is 2. The van der Waals surface area contributed by atoms with Gasteiger partial charge < -0.3 is 25.3 Å². The molecule has 0 aliphatic heterocycles. The van der Waals surface area contributed by atoms with E-state index in [-0.39, 0.29) is 23.7 Å². The number of carbonyl (C=O) groups is 2. The van der Waals surface area contributed by atoms with E-state index in [9.17, 15) is 9.59 Å². The fourth-order valence-electron chi connectivity index (χ4n) is 4.16. The Labute approximate surface area is 219 Å². The Kier molecular flexibility index (Phi) is 10.6. The molecule has 36 heavy (non-hydrogen) atoms. The summed E-state index contributed by atoms with van der Waals surface area (Å²) in [5.41, 5.74) is 7.92. The van der Waals surface area contributed by atoms with Crippen molar-refractivity contribution in [3.8, 4) is 11.5 Å². The smallest absolute Gasteiger partial charge is 0.248 e. The predicted octanol–water partition coefficient (Wildman–Crippen LogP) is 5.93. The molecule has 2 rings (SSSR count). The highest BCUT2D eigenvalue weighted by Gasteiger charge is 2.25. The number of rotatable bonds is 12. The summed E-state index contributed by atoms with van der Waals surface area (Å²) in [6, 6.07) is 8.74. The van der Waals surface area contributed by atoms with Crippen LogP contribution < -0.4 is 20.5 Å². The van der Waals surface area contributed by atoms with E-state index in [0.29, 0.717) is 46.9 Å². The number of hydrogen-bond acceptors (Lipinski definition) is 5. The third kappa shape index (κ3) is 8.14. The first-order valence-corrected chi connectivity index (χ1v) is 12.5. The van der Waals surface area contributed by atoms with Crippen LogP contribution in [0.4, 0.5) is 5.69 Å². The fraction of sp³-hybridized carbons (Fsp3) is 0.500. The Morgan fingerprint density at radius 2 is 1.75 bits per heavy atom. The molecule has 2 aromatic carbocycles. The van der Waals surface area contributed by atoms with Crippen molar-refractivity contribution >= 4 is 29.1 Å². The van der Waals surface area contributed by atoms with Gasteiger partial charge in [-0.1, -0.05) is 52.3 Å². The van der Waals surface area contributed by atoms with Gasteiger partial charge in [-0.15, -0.1) is 0 Å². The number of anilines is 1. The minimum Gasteiger partial charge on any atom is -0.496 e. The lowest BCUT2D eigenvalue weighted by molar-refractivity contribution is -0.116. The number of hydrogen-bond donors (Lipinski definition) is 2. The summed E-state index contributed by atoms with van der Waals surface area (Å²) in [6.07, 6.45) is 0.955. The number of nitrogens with one attached hydrogen (secondary N) is 1. The summed E-state index contributed by atoms with van der Waals surface area (Å²) in [5.74, 6) is 0.564. The molecule has 0 saturated carbocycles. The molecule has 0 aliphatic carbocycles. The molecular weight excluding hydrogens is 480 g/mol. The van der Waals surface area contributed by atoms with E-state index < -0.39 is 5.91 Å². The van der Waals surface area contributed by atoms with Gasteiger partial charge in [0.25, 0.3) is 0 Å². The lowest BCUT2D eigenvalue weighted by Crippen LogP contribution is -2.22. The normalized spacial score (nSPS) is 12.4. The highest BCUT2D eigenvalue weighted by atomic mass is 35.5. The van der Waals surface area contributed by atoms with Crippen LogP contribution in [0, 0.1) is 5.92 Å². The van der Waals surface area contributed by atoms with Crippen LogP contribution in [0.1, 0.15) is 74.9 Å². The van der Waals surface area contributed by atoms with Crippen molar-refractivity contribution < 1.29 is 23.8 Å². The Bertz CT molecular complexity index is 1060. The van der Waals surface area contributed by atoms with Gasteiger partial charge in [0.1, 0.15) is 18.1 Å². The van der Waals surface area contributed by atoms with E-state index in [1.807, 2.05) is 32.9 Å². The molecule has 1 atom stereocenters. The van der Waals surface area contributed by atoms with Gasteiger partial charge in [0, 0.05) is 30.8 Å². The third-order valence-electron chi connectivity index (χ3n) is 5.84. The lowest BCUT2D eigenvalue weighted by Gasteiger charge is -2.25. The van der Waals surface area contributed by atoms with Gasteiger partial charge in [-0.2, -0.15) is 0 Å². The van der Waals surface area contributed by atoms with E-state index in [4.69, 9.17) is 31.5 Å². The van der Waals surface area contributed by atoms with Crippen LogP contribution >= 0.6 is 11.6 Å². The molecule has 0 bridgehead atoms. The zero-order valence-electron chi connectivity index (χ0n) is 22.4. The number of carbonyl (C=O) groups excluding carboxylic acids is 2. The van der Waals surface area contributed by atoms with Crippen molar-refractivity contribution in [3.63, 3.8) is 0 Å². The average molecular weight is 519 g/mol. The van der Waals surface area contributed by atoms with Gasteiger partial charge in [-0.05, 0) is 53.0 Å². The molecule has 0 aromatic heterocycles. The Morgan fingerprint density at radius 3 is 2.31 bits per heavy atom. The van der Waals surface area contributed by atoms with Crippen molar-refractivity contribution in [2.45, 2.75) is 58.8 Å². The van der Waals surface area contributed by atoms with E-state index in [1.54, 1.807) is 32.4 Å². The Morgan fingerprint density at radius 1 is 1.06 bits per heavy atom. The molecule has 8 heteroatoms. The molecule has 0 heterocycles. The van der Waals surface area contributed by atoms with Crippen molar-refractivity contribution in [2.75, 3.05) is 32.8 Å². The summed E-state index contributed by atoms with van der Waals surface area (Å²) >= 11 is 6.54. The maximum absolute atomic E-state index is 13.3. The van der Waals surface area contributed by atoms with Gasteiger partial charge in [-0.3, -0.25) is 9.59 Å². The second kappa shape index (κ2) is 13.0.